The summed E-state index contributed by atoms with van der Waals surface area (Å²) in [5.41, 5.74) is 3.10. The van der Waals surface area contributed by atoms with Crippen LogP contribution in [0.1, 0.15) is 18.1 Å². The molecule has 1 atom stereocenters. The normalized spacial score (nSPS) is 15.9. The second-order valence-corrected chi connectivity index (χ2v) is 9.05. The Balaban J connectivity index is 1.73. The first-order valence-electron chi connectivity index (χ1n) is 10.6. The van der Waals surface area contributed by atoms with E-state index in [4.69, 9.17) is 16.6 Å². The standard InChI is InChI=1S/C24H24ClN5O2/c1-15-6-4-9-19(10-15)28-12-16(2)13-29-20-21(26-23(28)29)27(3)24(32)30(22(20)31)14-17-7-5-8-18(25)11-17/h4-11,16H,12-14H2,1-3H3/t16-/m1/s1. The molecule has 5 rings (SSSR count). The van der Waals surface area contributed by atoms with E-state index in [-0.39, 0.29) is 12.1 Å². The summed E-state index contributed by atoms with van der Waals surface area (Å²) in [6.07, 6.45) is 0. The first kappa shape index (κ1) is 20.6. The van der Waals surface area contributed by atoms with Crippen LogP contribution in [0, 0.1) is 12.8 Å². The van der Waals surface area contributed by atoms with Gasteiger partial charge in [-0.15, -0.1) is 0 Å². The third-order valence-electron chi connectivity index (χ3n) is 5.99. The van der Waals surface area contributed by atoms with Gasteiger partial charge in [0.05, 0.1) is 6.54 Å². The molecule has 2 aromatic carbocycles. The fourth-order valence-corrected chi connectivity index (χ4v) is 4.69. The number of aromatic nitrogens is 4. The van der Waals surface area contributed by atoms with Crippen LogP contribution in [0.15, 0.2) is 58.1 Å². The lowest BCUT2D eigenvalue weighted by Gasteiger charge is -2.33. The molecule has 4 aromatic rings. The maximum Gasteiger partial charge on any atom is 0.332 e. The Morgan fingerprint density at radius 3 is 2.62 bits per heavy atom. The topological polar surface area (TPSA) is 65.1 Å². The van der Waals surface area contributed by atoms with Gasteiger partial charge < -0.3 is 9.47 Å². The number of imidazole rings is 1. The summed E-state index contributed by atoms with van der Waals surface area (Å²) in [7, 11) is 1.66. The number of benzene rings is 2. The molecule has 0 aliphatic carbocycles. The lowest BCUT2D eigenvalue weighted by Crippen LogP contribution is -2.40. The van der Waals surface area contributed by atoms with Gasteiger partial charge in [-0.25, -0.2) is 4.79 Å². The fraction of sp³-hybridized carbons (Fsp3) is 0.292. The van der Waals surface area contributed by atoms with Crippen molar-refractivity contribution in [3.63, 3.8) is 0 Å². The number of nitrogens with zero attached hydrogens (tertiary/aromatic N) is 5. The zero-order valence-electron chi connectivity index (χ0n) is 18.2. The molecule has 164 valence electrons. The molecule has 0 saturated carbocycles. The van der Waals surface area contributed by atoms with Gasteiger partial charge >= 0.3 is 5.69 Å². The van der Waals surface area contributed by atoms with Crippen molar-refractivity contribution >= 4 is 34.4 Å². The van der Waals surface area contributed by atoms with Crippen molar-refractivity contribution in [1.29, 1.82) is 0 Å². The van der Waals surface area contributed by atoms with Crippen molar-refractivity contribution < 1.29 is 0 Å². The van der Waals surface area contributed by atoms with Crippen LogP contribution in [0.3, 0.4) is 0 Å². The van der Waals surface area contributed by atoms with Crippen LogP contribution < -0.4 is 16.1 Å². The van der Waals surface area contributed by atoms with Gasteiger partial charge in [-0.05, 0) is 48.2 Å². The van der Waals surface area contributed by atoms with E-state index < -0.39 is 5.69 Å². The molecule has 0 fully saturated rings. The highest BCUT2D eigenvalue weighted by molar-refractivity contribution is 6.30. The Hall–Kier alpha value is -3.32. The predicted molar refractivity (Wildman–Crippen MR) is 127 cm³/mol. The van der Waals surface area contributed by atoms with Crippen molar-refractivity contribution in [1.82, 2.24) is 18.7 Å². The number of hydrogen-bond donors (Lipinski definition) is 0. The highest BCUT2D eigenvalue weighted by atomic mass is 35.5. The third kappa shape index (κ3) is 3.33. The number of rotatable bonds is 3. The Bertz CT molecular complexity index is 1470. The van der Waals surface area contributed by atoms with Crippen molar-refractivity contribution in [2.45, 2.75) is 26.9 Å². The number of fused-ring (bicyclic) bond motifs is 3. The summed E-state index contributed by atoms with van der Waals surface area (Å²) in [5, 5.41) is 0.567. The summed E-state index contributed by atoms with van der Waals surface area (Å²) >= 11 is 6.11. The summed E-state index contributed by atoms with van der Waals surface area (Å²) in [5.74, 6) is 0.995. The molecule has 1 aliphatic rings. The van der Waals surface area contributed by atoms with Crippen molar-refractivity contribution in [2.24, 2.45) is 13.0 Å². The van der Waals surface area contributed by atoms with E-state index in [9.17, 15) is 9.59 Å². The molecular formula is C24H24ClN5O2. The van der Waals surface area contributed by atoms with Gasteiger partial charge in [0.25, 0.3) is 5.56 Å². The maximum absolute atomic E-state index is 13.6. The van der Waals surface area contributed by atoms with Gasteiger partial charge in [0.2, 0.25) is 5.95 Å². The number of aryl methyl sites for hydroxylation is 2. The van der Waals surface area contributed by atoms with Gasteiger partial charge in [-0.3, -0.25) is 13.9 Å². The summed E-state index contributed by atoms with van der Waals surface area (Å²) in [6, 6.07) is 15.4. The minimum Gasteiger partial charge on any atom is -0.312 e. The van der Waals surface area contributed by atoms with E-state index in [0.29, 0.717) is 34.6 Å². The summed E-state index contributed by atoms with van der Waals surface area (Å²) in [4.78, 5) is 33.6. The first-order valence-corrected chi connectivity index (χ1v) is 11.0. The van der Waals surface area contributed by atoms with Crippen molar-refractivity contribution in [3.05, 3.63) is 85.5 Å². The van der Waals surface area contributed by atoms with Crippen LogP contribution in [-0.2, 0) is 20.1 Å². The second-order valence-electron chi connectivity index (χ2n) is 8.61. The minimum atomic E-state index is -0.395. The molecule has 0 spiro atoms. The van der Waals surface area contributed by atoms with E-state index in [1.165, 1.54) is 9.13 Å². The second kappa shape index (κ2) is 7.67. The monoisotopic (exact) mass is 449 g/mol. The average molecular weight is 450 g/mol. The Morgan fingerprint density at radius 1 is 1.09 bits per heavy atom. The summed E-state index contributed by atoms with van der Waals surface area (Å²) in [6.45, 7) is 5.82. The molecule has 0 bridgehead atoms. The smallest absolute Gasteiger partial charge is 0.312 e. The van der Waals surface area contributed by atoms with Crippen LogP contribution in [0.5, 0.6) is 0 Å². The highest BCUT2D eigenvalue weighted by Gasteiger charge is 2.29. The van der Waals surface area contributed by atoms with E-state index in [1.54, 1.807) is 19.2 Å². The number of hydrogen-bond acceptors (Lipinski definition) is 4. The number of anilines is 2. The highest BCUT2D eigenvalue weighted by Crippen LogP contribution is 2.33. The van der Waals surface area contributed by atoms with Crippen LogP contribution in [-0.4, -0.2) is 25.2 Å². The lowest BCUT2D eigenvalue weighted by atomic mass is 10.1. The largest absolute Gasteiger partial charge is 0.332 e. The molecular weight excluding hydrogens is 426 g/mol. The molecule has 3 heterocycles. The molecule has 8 heteroatoms. The first-order chi connectivity index (χ1) is 15.3. The SMILES string of the molecule is Cc1cccc(N2C[C@@H](C)Cn3c2nc2c3c(=O)n(Cc3cccc(Cl)c3)c(=O)n2C)c1. The van der Waals surface area contributed by atoms with Gasteiger partial charge in [-0.2, -0.15) is 4.98 Å². The van der Waals surface area contributed by atoms with E-state index in [2.05, 4.69) is 30.9 Å². The quantitative estimate of drug-likeness (QED) is 0.478. The molecule has 0 N–H and O–H groups in total. The Morgan fingerprint density at radius 2 is 1.88 bits per heavy atom. The molecule has 1 aliphatic heterocycles. The predicted octanol–water partition coefficient (Wildman–Crippen LogP) is 3.69. The van der Waals surface area contributed by atoms with Crippen molar-refractivity contribution in [2.75, 3.05) is 11.4 Å². The molecule has 0 saturated heterocycles. The average Bonchev–Trinajstić information content (AvgIpc) is 3.14. The zero-order chi connectivity index (χ0) is 22.6. The number of halogens is 1. The lowest BCUT2D eigenvalue weighted by molar-refractivity contribution is 0.458. The Kier molecular flexibility index (Phi) is 4.93. The molecule has 0 unspecified atom stereocenters. The molecule has 0 radical (unpaired) electrons. The molecule has 32 heavy (non-hydrogen) atoms. The molecule has 2 aromatic heterocycles. The van der Waals surface area contributed by atoms with Crippen LogP contribution in [0.2, 0.25) is 5.02 Å². The minimum absolute atomic E-state index is 0.152. The van der Waals surface area contributed by atoms with Crippen LogP contribution in [0.4, 0.5) is 11.6 Å². The van der Waals surface area contributed by atoms with E-state index >= 15 is 0 Å². The van der Waals surface area contributed by atoms with Gasteiger partial charge in [0.15, 0.2) is 11.2 Å². The Labute approximate surface area is 190 Å². The van der Waals surface area contributed by atoms with Gasteiger partial charge in [0, 0.05) is 30.8 Å². The van der Waals surface area contributed by atoms with E-state index in [1.807, 2.05) is 28.8 Å². The molecule has 7 nitrogen and oxygen atoms in total. The van der Waals surface area contributed by atoms with Crippen molar-refractivity contribution in [3.8, 4) is 0 Å². The third-order valence-corrected chi connectivity index (χ3v) is 6.22. The van der Waals surface area contributed by atoms with Crippen LogP contribution >= 0.6 is 11.6 Å². The van der Waals surface area contributed by atoms with Gasteiger partial charge in [-0.1, -0.05) is 42.8 Å². The zero-order valence-corrected chi connectivity index (χ0v) is 19.0. The summed E-state index contributed by atoms with van der Waals surface area (Å²) < 4.78 is 4.69. The fourth-order valence-electron chi connectivity index (χ4n) is 4.48. The van der Waals surface area contributed by atoms with Crippen LogP contribution in [0.25, 0.3) is 11.2 Å². The maximum atomic E-state index is 13.6. The van der Waals surface area contributed by atoms with Gasteiger partial charge in [0.1, 0.15) is 0 Å². The van der Waals surface area contributed by atoms with E-state index in [0.717, 1.165) is 23.4 Å². The molecule has 0 amide bonds.